The lowest BCUT2D eigenvalue weighted by Gasteiger charge is -2.32. The van der Waals surface area contributed by atoms with Crippen molar-refractivity contribution in [2.45, 2.75) is 32.4 Å². The van der Waals surface area contributed by atoms with Crippen molar-refractivity contribution in [3.05, 3.63) is 65.6 Å². The fraction of sp³-hybridized carbons (Fsp3) is 0.391. The lowest BCUT2D eigenvalue weighted by atomic mass is 9.90. The minimum atomic E-state index is 0.174. The predicted molar refractivity (Wildman–Crippen MR) is 113 cm³/mol. The van der Waals surface area contributed by atoms with Gasteiger partial charge in [-0.1, -0.05) is 30.3 Å². The molecule has 1 saturated carbocycles. The average molecular weight is 408 g/mol. The van der Waals surface area contributed by atoms with Gasteiger partial charge in [0.25, 0.3) is 0 Å². The quantitative estimate of drug-likeness (QED) is 0.661. The fourth-order valence-electron chi connectivity index (χ4n) is 4.45. The van der Waals surface area contributed by atoms with Crippen LogP contribution in [0.2, 0.25) is 0 Å². The van der Waals surface area contributed by atoms with Gasteiger partial charge in [-0.2, -0.15) is 0 Å². The Labute approximate surface area is 174 Å². The number of furan rings is 1. The van der Waals surface area contributed by atoms with Gasteiger partial charge >= 0.3 is 0 Å². The second-order valence-electron chi connectivity index (χ2n) is 8.19. The molecule has 2 aromatic heterocycles. The molecule has 2 fully saturated rings. The molecule has 0 bridgehead atoms. The van der Waals surface area contributed by atoms with E-state index in [-0.39, 0.29) is 17.2 Å². The van der Waals surface area contributed by atoms with Crippen molar-refractivity contribution in [3.8, 4) is 10.6 Å². The van der Waals surface area contributed by atoms with Gasteiger partial charge in [-0.15, -0.1) is 11.3 Å². The summed E-state index contributed by atoms with van der Waals surface area (Å²) in [6.07, 6.45) is 6.90. The van der Waals surface area contributed by atoms with Gasteiger partial charge in [0.15, 0.2) is 0 Å². The van der Waals surface area contributed by atoms with Crippen molar-refractivity contribution < 1.29 is 9.21 Å². The van der Waals surface area contributed by atoms with Crippen molar-refractivity contribution >= 4 is 17.2 Å². The number of benzene rings is 1. The van der Waals surface area contributed by atoms with E-state index < -0.39 is 0 Å². The smallest absolute Gasteiger partial charge is 0.224 e. The Morgan fingerprint density at radius 3 is 2.79 bits per heavy atom. The molecule has 1 unspecified atom stereocenters. The molecule has 5 rings (SSSR count). The van der Waals surface area contributed by atoms with Crippen LogP contribution in [0.4, 0.5) is 0 Å². The third-order valence-electron chi connectivity index (χ3n) is 6.33. The Bertz CT molecular complexity index is 959. The van der Waals surface area contributed by atoms with Gasteiger partial charge in [0, 0.05) is 29.1 Å². The summed E-state index contributed by atoms with van der Waals surface area (Å²) in [5.74, 6) is 1.17. The second-order valence-corrected chi connectivity index (χ2v) is 9.31. The number of aromatic nitrogens is 1. The molecule has 1 saturated heterocycles. The van der Waals surface area contributed by atoms with Gasteiger partial charge in [0.2, 0.25) is 5.91 Å². The standard InChI is InChI=1S/C23H25N3O2S/c27-21(24-14-18-7-4-12-28-18)20-13-23(20)8-10-26(11-9-23)16-19-15-25-22(29-19)17-5-2-1-3-6-17/h1-7,12,15,20H,8-11,13-14,16H2,(H,24,27). The van der Waals surface area contributed by atoms with Crippen LogP contribution in [-0.4, -0.2) is 28.9 Å². The second kappa shape index (κ2) is 7.76. The molecule has 1 N–H and O–H groups in total. The average Bonchev–Trinajstić information content (AvgIpc) is 3.12. The van der Waals surface area contributed by atoms with E-state index in [1.807, 2.05) is 24.4 Å². The van der Waals surface area contributed by atoms with Crippen molar-refractivity contribution in [1.29, 1.82) is 0 Å². The highest BCUT2D eigenvalue weighted by molar-refractivity contribution is 7.15. The summed E-state index contributed by atoms with van der Waals surface area (Å²) in [5.41, 5.74) is 1.41. The number of nitrogens with one attached hydrogen (secondary N) is 1. The molecule has 1 spiro atoms. The third-order valence-corrected chi connectivity index (χ3v) is 7.36. The van der Waals surface area contributed by atoms with Crippen LogP contribution >= 0.6 is 11.3 Å². The van der Waals surface area contributed by atoms with Crippen LogP contribution in [0.1, 0.15) is 29.9 Å². The topological polar surface area (TPSA) is 58.4 Å². The highest BCUT2D eigenvalue weighted by Crippen LogP contribution is 2.59. The number of amides is 1. The number of hydrogen-bond donors (Lipinski definition) is 1. The molecule has 1 aliphatic carbocycles. The number of likely N-dealkylation sites (tertiary alicyclic amines) is 1. The molecule has 2 aliphatic rings. The van der Waals surface area contributed by atoms with Crippen molar-refractivity contribution in [1.82, 2.24) is 15.2 Å². The van der Waals surface area contributed by atoms with Crippen LogP contribution in [0, 0.1) is 11.3 Å². The maximum absolute atomic E-state index is 12.5. The van der Waals surface area contributed by atoms with E-state index in [9.17, 15) is 4.79 Å². The van der Waals surface area contributed by atoms with E-state index in [2.05, 4.69) is 39.5 Å². The van der Waals surface area contributed by atoms with E-state index in [0.717, 1.165) is 49.7 Å². The first-order valence-electron chi connectivity index (χ1n) is 10.2. The minimum absolute atomic E-state index is 0.174. The van der Waals surface area contributed by atoms with Crippen LogP contribution in [0.5, 0.6) is 0 Å². The van der Waals surface area contributed by atoms with Crippen LogP contribution < -0.4 is 5.32 Å². The SMILES string of the molecule is O=C(NCc1ccco1)C1CC12CCN(Cc1cnc(-c3ccccc3)s1)CC2. The van der Waals surface area contributed by atoms with E-state index >= 15 is 0 Å². The summed E-state index contributed by atoms with van der Waals surface area (Å²) in [5, 5.41) is 4.12. The van der Waals surface area contributed by atoms with Gasteiger partial charge in [-0.25, -0.2) is 4.98 Å². The van der Waals surface area contributed by atoms with Crippen LogP contribution in [0.15, 0.2) is 59.3 Å². The van der Waals surface area contributed by atoms with Crippen LogP contribution in [0.3, 0.4) is 0 Å². The summed E-state index contributed by atoms with van der Waals surface area (Å²) in [4.78, 5) is 20.9. The molecule has 3 heterocycles. The van der Waals surface area contributed by atoms with Gasteiger partial charge < -0.3 is 9.73 Å². The first-order valence-corrected chi connectivity index (χ1v) is 11.1. The Kier molecular flexibility index (Phi) is 4.97. The van der Waals surface area contributed by atoms with Crippen LogP contribution in [-0.2, 0) is 17.9 Å². The molecule has 1 atom stereocenters. The zero-order valence-electron chi connectivity index (χ0n) is 16.3. The maximum Gasteiger partial charge on any atom is 0.224 e. The molecule has 1 aliphatic heterocycles. The molecule has 150 valence electrons. The van der Waals surface area contributed by atoms with Gasteiger partial charge in [-0.3, -0.25) is 9.69 Å². The fourth-order valence-corrected chi connectivity index (χ4v) is 5.41. The third kappa shape index (κ3) is 4.00. The molecule has 1 amide bonds. The highest BCUT2D eigenvalue weighted by Gasteiger charge is 2.58. The van der Waals surface area contributed by atoms with Crippen molar-refractivity contribution in [2.24, 2.45) is 11.3 Å². The number of carbonyl (C=O) groups is 1. The predicted octanol–water partition coefficient (Wildman–Crippen LogP) is 4.32. The largest absolute Gasteiger partial charge is 0.467 e. The zero-order valence-corrected chi connectivity index (χ0v) is 17.2. The van der Waals surface area contributed by atoms with Gasteiger partial charge in [0.1, 0.15) is 10.8 Å². The van der Waals surface area contributed by atoms with Gasteiger partial charge in [-0.05, 0) is 49.9 Å². The van der Waals surface area contributed by atoms with Crippen molar-refractivity contribution in [3.63, 3.8) is 0 Å². The summed E-state index contributed by atoms with van der Waals surface area (Å²) in [7, 11) is 0. The molecular formula is C23H25N3O2S. The first kappa shape index (κ1) is 18.6. The molecular weight excluding hydrogens is 382 g/mol. The highest BCUT2D eigenvalue weighted by atomic mass is 32.1. The molecule has 3 aromatic rings. The number of piperidine rings is 1. The zero-order chi connectivity index (χ0) is 19.7. The Balaban J connectivity index is 1.11. The molecule has 0 radical (unpaired) electrons. The first-order chi connectivity index (χ1) is 14.2. The van der Waals surface area contributed by atoms with E-state index in [1.165, 1.54) is 10.4 Å². The van der Waals surface area contributed by atoms with Crippen LogP contribution in [0.25, 0.3) is 10.6 Å². The lowest BCUT2D eigenvalue weighted by Crippen LogP contribution is -2.36. The molecule has 1 aromatic carbocycles. The summed E-state index contributed by atoms with van der Waals surface area (Å²) >= 11 is 1.78. The van der Waals surface area contributed by atoms with E-state index in [0.29, 0.717) is 6.54 Å². The number of hydrogen-bond acceptors (Lipinski definition) is 5. The monoisotopic (exact) mass is 407 g/mol. The summed E-state index contributed by atoms with van der Waals surface area (Å²) in [6, 6.07) is 14.1. The summed E-state index contributed by atoms with van der Waals surface area (Å²) in [6.45, 7) is 3.55. The lowest BCUT2D eigenvalue weighted by molar-refractivity contribution is -0.123. The number of nitrogens with zero attached hydrogens (tertiary/aromatic N) is 2. The van der Waals surface area contributed by atoms with E-state index in [1.54, 1.807) is 17.6 Å². The Morgan fingerprint density at radius 1 is 1.21 bits per heavy atom. The summed E-state index contributed by atoms with van der Waals surface area (Å²) < 4.78 is 5.30. The molecule has 6 heteroatoms. The van der Waals surface area contributed by atoms with Crippen molar-refractivity contribution in [2.75, 3.05) is 13.1 Å². The van der Waals surface area contributed by atoms with Gasteiger partial charge in [0.05, 0.1) is 12.8 Å². The number of rotatable bonds is 6. The minimum Gasteiger partial charge on any atom is -0.467 e. The molecule has 5 nitrogen and oxygen atoms in total. The Morgan fingerprint density at radius 2 is 2.03 bits per heavy atom. The maximum atomic E-state index is 12.5. The molecule has 29 heavy (non-hydrogen) atoms. The number of carbonyl (C=O) groups excluding carboxylic acids is 1. The Hall–Kier alpha value is -2.44. The van der Waals surface area contributed by atoms with E-state index in [4.69, 9.17) is 4.42 Å². The normalized spacial score (nSPS) is 20.6. The number of thiazole rings is 1.